The quantitative estimate of drug-likeness (QED) is 0.446. The van der Waals surface area contributed by atoms with Crippen LogP contribution < -0.4 is 0 Å². The van der Waals surface area contributed by atoms with Gasteiger partial charge in [0.25, 0.3) is 0 Å². The molecule has 0 fully saturated rings. The number of thioether (sulfide) groups is 1. The molecule has 1 heteroatoms. The molecule has 0 aromatic carbocycles. The monoisotopic (exact) mass is 124 g/mol. The lowest BCUT2D eigenvalue weighted by Gasteiger charge is -2.03. The molecule has 0 amide bonds. The highest BCUT2D eigenvalue weighted by atomic mass is 32.2. The summed E-state index contributed by atoms with van der Waals surface area (Å²) in [5, 5.41) is 3.09. The van der Waals surface area contributed by atoms with Crippen LogP contribution in [-0.4, -0.2) is 5.25 Å². The number of hydrogen-bond donors (Lipinski definition) is 0. The minimum atomic E-state index is 0.778. The van der Waals surface area contributed by atoms with Crippen LogP contribution in [0.15, 0.2) is 23.6 Å². The van der Waals surface area contributed by atoms with Crippen molar-refractivity contribution in [1.29, 1.82) is 0 Å². The van der Waals surface area contributed by atoms with Gasteiger partial charge in [0.2, 0.25) is 0 Å². The third-order valence-electron chi connectivity index (χ3n) is 1.71. The van der Waals surface area contributed by atoms with Crippen molar-refractivity contribution in [2.75, 3.05) is 0 Å². The number of fused-ring (bicyclic) bond motifs is 1. The Morgan fingerprint density at radius 2 is 2.38 bits per heavy atom. The standard InChI is InChI=1S/C7H8S/c1-2-6-4-5-8-7(6)3-1/h1-2,4-7H,3H2. The first-order chi connectivity index (χ1) is 3.97. The van der Waals surface area contributed by atoms with E-state index >= 15 is 0 Å². The Morgan fingerprint density at radius 3 is 3.25 bits per heavy atom. The van der Waals surface area contributed by atoms with Crippen LogP contribution in [0.3, 0.4) is 0 Å². The van der Waals surface area contributed by atoms with Gasteiger partial charge in [-0.15, -0.1) is 11.8 Å². The van der Waals surface area contributed by atoms with Crippen molar-refractivity contribution in [2.24, 2.45) is 5.92 Å². The lowest BCUT2D eigenvalue weighted by molar-refractivity contribution is 0.809. The topological polar surface area (TPSA) is 0 Å². The van der Waals surface area contributed by atoms with Crippen molar-refractivity contribution in [3.8, 4) is 0 Å². The average Bonchev–Trinajstić information content (AvgIpc) is 2.15. The number of allylic oxidation sites excluding steroid dienone is 3. The summed E-state index contributed by atoms with van der Waals surface area (Å²) in [5.74, 6) is 0.778. The van der Waals surface area contributed by atoms with Crippen molar-refractivity contribution >= 4 is 11.8 Å². The lowest BCUT2D eigenvalue weighted by Crippen LogP contribution is -2.00. The fourth-order valence-corrected chi connectivity index (χ4v) is 2.28. The van der Waals surface area contributed by atoms with E-state index < -0.39 is 0 Å². The van der Waals surface area contributed by atoms with Crippen LogP contribution in [0, 0.1) is 5.92 Å². The zero-order valence-electron chi connectivity index (χ0n) is 4.58. The Bertz CT molecular complexity index is 130. The number of hydrogen-bond acceptors (Lipinski definition) is 1. The Balaban J connectivity index is 2.22. The van der Waals surface area contributed by atoms with Gasteiger partial charge in [-0.3, -0.25) is 0 Å². The molecule has 0 nitrogen and oxygen atoms in total. The van der Waals surface area contributed by atoms with Gasteiger partial charge in [0.15, 0.2) is 0 Å². The molecule has 0 aromatic rings. The first-order valence-electron chi connectivity index (χ1n) is 2.95. The van der Waals surface area contributed by atoms with Gasteiger partial charge in [-0.2, -0.15) is 0 Å². The Kier molecular flexibility index (Phi) is 0.971. The van der Waals surface area contributed by atoms with E-state index in [1.807, 2.05) is 11.8 Å². The van der Waals surface area contributed by atoms with Crippen molar-refractivity contribution in [3.05, 3.63) is 23.6 Å². The van der Waals surface area contributed by atoms with Crippen LogP contribution in [0.25, 0.3) is 0 Å². The third-order valence-corrected chi connectivity index (χ3v) is 2.88. The van der Waals surface area contributed by atoms with E-state index in [4.69, 9.17) is 0 Å². The normalized spacial score (nSPS) is 41.0. The SMILES string of the molecule is C1=CC2C=CSC2C1. The fourth-order valence-electron chi connectivity index (χ4n) is 1.22. The van der Waals surface area contributed by atoms with Crippen molar-refractivity contribution in [3.63, 3.8) is 0 Å². The second-order valence-electron chi connectivity index (χ2n) is 2.24. The van der Waals surface area contributed by atoms with Crippen LogP contribution in [0.4, 0.5) is 0 Å². The van der Waals surface area contributed by atoms with Gasteiger partial charge in [-0.05, 0) is 11.8 Å². The summed E-state index contributed by atoms with van der Waals surface area (Å²) in [4.78, 5) is 0. The second kappa shape index (κ2) is 1.66. The summed E-state index contributed by atoms with van der Waals surface area (Å²) in [5.41, 5.74) is 0. The molecule has 1 aliphatic carbocycles. The van der Waals surface area contributed by atoms with Crippen LogP contribution >= 0.6 is 11.8 Å². The summed E-state index contributed by atoms with van der Waals surface area (Å²) in [6.45, 7) is 0. The van der Waals surface area contributed by atoms with E-state index in [2.05, 4.69) is 23.6 Å². The van der Waals surface area contributed by atoms with E-state index in [1.54, 1.807) is 0 Å². The molecule has 0 N–H and O–H groups in total. The molecular weight excluding hydrogens is 116 g/mol. The molecule has 0 aromatic heterocycles. The highest BCUT2D eigenvalue weighted by Crippen LogP contribution is 2.36. The summed E-state index contributed by atoms with van der Waals surface area (Å²) in [7, 11) is 0. The van der Waals surface area contributed by atoms with Crippen molar-refractivity contribution in [1.82, 2.24) is 0 Å². The van der Waals surface area contributed by atoms with E-state index in [-0.39, 0.29) is 0 Å². The van der Waals surface area contributed by atoms with Crippen molar-refractivity contribution in [2.45, 2.75) is 11.7 Å². The molecule has 42 valence electrons. The van der Waals surface area contributed by atoms with Gasteiger partial charge >= 0.3 is 0 Å². The molecule has 1 aliphatic heterocycles. The van der Waals surface area contributed by atoms with Gasteiger partial charge in [0.05, 0.1) is 0 Å². The molecule has 8 heavy (non-hydrogen) atoms. The molecule has 0 spiro atoms. The highest BCUT2D eigenvalue weighted by Gasteiger charge is 2.23. The van der Waals surface area contributed by atoms with Crippen LogP contribution in [0.2, 0.25) is 0 Å². The van der Waals surface area contributed by atoms with Gasteiger partial charge in [-0.25, -0.2) is 0 Å². The minimum absolute atomic E-state index is 0.778. The molecule has 1 heterocycles. The van der Waals surface area contributed by atoms with Crippen LogP contribution in [0.5, 0.6) is 0 Å². The van der Waals surface area contributed by atoms with Gasteiger partial charge in [0.1, 0.15) is 0 Å². The van der Waals surface area contributed by atoms with Crippen molar-refractivity contribution < 1.29 is 0 Å². The Morgan fingerprint density at radius 1 is 1.38 bits per heavy atom. The summed E-state index contributed by atoms with van der Waals surface area (Å²) < 4.78 is 0. The first kappa shape index (κ1) is 4.68. The van der Waals surface area contributed by atoms with Gasteiger partial charge in [0, 0.05) is 11.2 Å². The highest BCUT2D eigenvalue weighted by molar-refractivity contribution is 8.03. The summed E-state index contributed by atoms with van der Waals surface area (Å²) >= 11 is 1.97. The Labute approximate surface area is 53.7 Å². The second-order valence-corrected chi connectivity index (χ2v) is 3.39. The van der Waals surface area contributed by atoms with Gasteiger partial charge < -0.3 is 0 Å². The predicted molar refractivity (Wildman–Crippen MR) is 37.8 cm³/mol. The van der Waals surface area contributed by atoms with E-state index in [9.17, 15) is 0 Å². The van der Waals surface area contributed by atoms with Gasteiger partial charge in [-0.1, -0.05) is 18.2 Å². The molecule has 2 atom stereocenters. The average molecular weight is 124 g/mol. The zero-order chi connectivity index (χ0) is 5.40. The maximum Gasteiger partial charge on any atom is 0.0220 e. The van der Waals surface area contributed by atoms with E-state index in [0.717, 1.165) is 11.2 Å². The Hall–Kier alpha value is -0.170. The number of rotatable bonds is 0. The molecule has 0 bridgehead atoms. The summed E-state index contributed by atoms with van der Waals surface area (Å²) in [6.07, 6.45) is 8.16. The first-order valence-corrected chi connectivity index (χ1v) is 3.90. The molecule has 2 rings (SSSR count). The minimum Gasteiger partial charge on any atom is -0.130 e. The van der Waals surface area contributed by atoms with E-state index in [0.29, 0.717) is 0 Å². The molecule has 0 saturated heterocycles. The lowest BCUT2D eigenvalue weighted by atomic mass is 10.1. The molecule has 2 aliphatic rings. The predicted octanol–water partition coefficient (Wildman–Crippen LogP) is 2.19. The summed E-state index contributed by atoms with van der Waals surface area (Å²) in [6, 6.07) is 0. The smallest absolute Gasteiger partial charge is 0.0220 e. The van der Waals surface area contributed by atoms with Crippen LogP contribution in [0.1, 0.15) is 6.42 Å². The largest absolute Gasteiger partial charge is 0.130 e. The maximum absolute atomic E-state index is 2.31. The molecular formula is C7H8S. The van der Waals surface area contributed by atoms with E-state index in [1.165, 1.54) is 6.42 Å². The molecule has 2 unspecified atom stereocenters. The van der Waals surface area contributed by atoms with Crippen LogP contribution in [-0.2, 0) is 0 Å². The molecule has 0 radical (unpaired) electrons. The third kappa shape index (κ3) is 0.543. The molecule has 0 saturated carbocycles. The fraction of sp³-hybridized carbons (Fsp3) is 0.429. The maximum atomic E-state index is 2.31. The zero-order valence-corrected chi connectivity index (χ0v) is 5.40.